The first-order chi connectivity index (χ1) is 3.41. The molecule has 0 aliphatic rings. The maximum atomic E-state index is 4.94. The van der Waals surface area contributed by atoms with Crippen molar-refractivity contribution in [1.29, 1.82) is 0 Å². The van der Waals surface area contributed by atoms with Gasteiger partial charge in [-0.05, 0) is 15.7 Å². The molecule has 2 radical (unpaired) electrons. The van der Waals surface area contributed by atoms with E-state index in [4.69, 9.17) is 4.74 Å². The number of rotatable bonds is 4. The Labute approximate surface area is 47.6 Å². The van der Waals surface area contributed by atoms with Crippen molar-refractivity contribution < 1.29 is 4.74 Å². The lowest BCUT2D eigenvalue weighted by atomic mass is 10.4. The van der Waals surface area contributed by atoms with Gasteiger partial charge in [0.05, 0.1) is 6.35 Å². The van der Waals surface area contributed by atoms with Gasteiger partial charge in [0.1, 0.15) is 0 Å². The van der Waals surface area contributed by atoms with Crippen LogP contribution in [0.5, 0.6) is 0 Å². The van der Waals surface area contributed by atoms with E-state index in [9.17, 15) is 0 Å². The molecule has 0 saturated heterocycles. The first-order valence-electron chi connectivity index (χ1n) is 2.60. The van der Waals surface area contributed by atoms with Crippen molar-refractivity contribution in [2.75, 3.05) is 13.0 Å². The van der Waals surface area contributed by atoms with Crippen molar-refractivity contribution in [2.45, 2.75) is 19.8 Å². The van der Waals surface area contributed by atoms with E-state index in [1.807, 2.05) is 0 Å². The Balaban J connectivity index is 2.45. The quantitative estimate of drug-likeness (QED) is 0.406. The number of hydrogen-bond acceptors (Lipinski definition) is 1. The highest BCUT2D eigenvalue weighted by Crippen LogP contribution is 1.89. The highest BCUT2D eigenvalue weighted by molar-refractivity contribution is 7.16. The molecule has 0 aliphatic heterocycles. The molecule has 7 heavy (non-hydrogen) atoms. The molecule has 1 nitrogen and oxygen atoms in total. The van der Waals surface area contributed by atoms with Crippen LogP contribution in [0, 0.1) is 0 Å². The fourth-order valence-corrected chi connectivity index (χ4v) is 0.440. The minimum absolute atomic E-state index is 0.556. The molecule has 0 atom stereocenters. The molecule has 0 heterocycles. The van der Waals surface area contributed by atoms with Crippen LogP contribution in [0.1, 0.15) is 19.8 Å². The van der Waals surface area contributed by atoms with Crippen LogP contribution >= 0.6 is 9.24 Å². The summed E-state index contributed by atoms with van der Waals surface area (Å²) in [5.74, 6) is 0. The molecule has 42 valence electrons. The Morgan fingerprint density at radius 3 is 2.71 bits per heavy atom. The van der Waals surface area contributed by atoms with Gasteiger partial charge in [-0.1, -0.05) is 13.3 Å². The van der Waals surface area contributed by atoms with E-state index in [2.05, 4.69) is 16.2 Å². The lowest BCUT2D eigenvalue weighted by molar-refractivity contribution is 0.178. The van der Waals surface area contributed by atoms with Gasteiger partial charge in [-0.15, -0.1) is 0 Å². The summed E-state index contributed by atoms with van der Waals surface area (Å²) in [6.45, 7) is 3.00. The molecule has 0 fully saturated rings. The second-order valence-corrected chi connectivity index (χ2v) is 1.65. The first-order valence-corrected chi connectivity index (χ1v) is 3.23. The van der Waals surface area contributed by atoms with Crippen molar-refractivity contribution >= 4 is 9.24 Å². The molecule has 0 spiro atoms. The fourth-order valence-electron chi connectivity index (χ4n) is 0.311. The van der Waals surface area contributed by atoms with Crippen molar-refractivity contribution in [2.24, 2.45) is 0 Å². The molecule has 2 heteroatoms. The van der Waals surface area contributed by atoms with Gasteiger partial charge < -0.3 is 4.74 Å². The summed E-state index contributed by atoms with van der Waals surface area (Å²) in [5.41, 5.74) is 0. The van der Waals surface area contributed by atoms with Crippen LogP contribution in [0.4, 0.5) is 0 Å². The summed E-state index contributed by atoms with van der Waals surface area (Å²) in [7, 11) is 3.87. The van der Waals surface area contributed by atoms with E-state index in [1.54, 1.807) is 0 Å². The summed E-state index contributed by atoms with van der Waals surface area (Å²) < 4.78 is 4.94. The lowest BCUT2D eigenvalue weighted by Gasteiger charge is -1.94. The standard InChI is InChI=1S/C5H11OP/c1-2-3-4-6-5-7/h2-5H2,1H3. The summed E-state index contributed by atoms with van der Waals surface area (Å²) >= 11 is 0. The van der Waals surface area contributed by atoms with Gasteiger partial charge in [0, 0.05) is 6.61 Å². The van der Waals surface area contributed by atoms with Gasteiger partial charge in [0.2, 0.25) is 0 Å². The molecule has 0 bridgehead atoms. The third-order valence-electron chi connectivity index (χ3n) is 0.734. The molecule has 0 aromatic carbocycles. The zero-order valence-corrected chi connectivity index (χ0v) is 5.58. The highest BCUT2D eigenvalue weighted by Gasteiger charge is 1.79. The minimum Gasteiger partial charge on any atom is -0.376 e. The number of ether oxygens (including phenoxy) is 1. The Bertz CT molecular complexity index is 27.3. The number of unbranched alkanes of at least 4 members (excludes halogenated alkanes) is 1. The van der Waals surface area contributed by atoms with Gasteiger partial charge in [-0.25, -0.2) is 0 Å². The molecule has 0 saturated carbocycles. The molecule has 0 rings (SSSR count). The smallest absolute Gasteiger partial charge is 0.0747 e. The third-order valence-corrected chi connectivity index (χ3v) is 0.916. The summed E-state index contributed by atoms with van der Waals surface area (Å²) in [6.07, 6.45) is 2.91. The van der Waals surface area contributed by atoms with E-state index < -0.39 is 0 Å². The van der Waals surface area contributed by atoms with Crippen LogP contribution in [0.2, 0.25) is 0 Å². The SMILES string of the molecule is CCCCOC[P]. The lowest BCUT2D eigenvalue weighted by Crippen LogP contribution is -1.88. The Morgan fingerprint density at radius 2 is 2.29 bits per heavy atom. The van der Waals surface area contributed by atoms with Crippen LogP contribution in [0.3, 0.4) is 0 Å². The van der Waals surface area contributed by atoms with Crippen molar-refractivity contribution in [1.82, 2.24) is 0 Å². The van der Waals surface area contributed by atoms with Crippen LogP contribution < -0.4 is 0 Å². The molecule has 0 unspecified atom stereocenters. The Morgan fingerprint density at radius 1 is 1.57 bits per heavy atom. The van der Waals surface area contributed by atoms with E-state index >= 15 is 0 Å². The molecule has 0 N–H and O–H groups in total. The molecule has 0 aromatic rings. The zero-order valence-electron chi connectivity index (χ0n) is 4.68. The van der Waals surface area contributed by atoms with E-state index in [0.29, 0.717) is 6.35 Å². The van der Waals surface area contributed by atoms with Crippen molar-refractivity contribution in [3.63, 3.8) is 0 Å². The second-order valence-electron chi connectivity index (χ2n) is 1.39. The Hall–Kier alpha value is 0.390. The van der Waals surface area contributed by atoms with Crippen molar-refractivity contribution in [3.05, 3.63) is 0 Å². The summed E-state index contributed by atoms with van der Waals surface area (Å²) in [4.78, 5) is 0. The topological polar surface area (TPSA) is 9.23 Å². The average molecular weight is 118 g/mol. The van der Waals surface area contributed by atoms with Gasteiger partial charge in [0.15, 0.2) is 0 Å². The zero-order chi connectivity index (χ0) is 5.54. The minimum atomic E-state index is 0.556. The van der Waals surface area contributed by atoms with E-state index in [-0.39, 0.29) is 0 Å². The van der Waals surface area contributed by atoms with Crippen LogP contribution in [-0.2, 0) is 4.74 Å². The predicted molar refractivity (Wildman–Crippen MR) is 32.6 cm³/mol. The van der Waals surface area contributed by atoms with Crippen LogP contribution in [0.25, 0.3) is 0 Å². The monoisotopic (exact) mass is 118 g/mol. The molecular formula is C5H11OP. The second kappa shape index (κ2) is 6.39. The van der Waals surface area contributed by atoms with Gasteiger partial charge >= 0.3 is 0 Å². The normalized spacial score (nSPS) is 9.43. The van der Waals surface area contributed by atoms with Crippen molar-refractivity contribution in [3.8, 4) is 0 Å². The van der Waals surface area contributed by atoms with E-state index in [1.165, 1.54) is 6.42 Å². The third kappa shape index (κ3) is 6.39. The molecule has 0 amide bonds. The first kappa shape index (κ1) is 7.39. The summed E-state index contributed by atoms with van der Waals surface area (Å²) in [5, 5.41) is 0. The largest absolute Gasteiger partial charge is 0.376 e. The Kier molecular flexibility index (Phi) is 6.75. The molecular weight excluding hydrogens is 107 g/mol. The fraction of sp³-hybridized carbons (Fsp3) is 1.00. The van der Waals surface area contributed by atoms with Gasteiger partial charge in [0.25, 0.3) is 0 Å². The van der Waals surface area contributed by atoms with Gasteiger partial charge in [-0.2, -0.15) is 0 Å². The predicted octanol–water partition coefficient (Wildman–Crippen LogP) is 2.17. The number of hydrogen-bond donors (Lipinski definition) is 0. The molecule has 0 aromatic heterocycles. The molecule has 0 aliphatic carbocycles. The maximum absolute atomic E-state index is 4.94. The summed E-state index contributed by atoms with van der Waals surface area (Å²) in [6, 6.07) is 0. The van der Waals surface area contributed by atoms with E-state index in [0.717, 1.165) is 13.0 Å². The highest BCUT2D eigenvalue weighted by atomic mass is 31.0. The maximum Gasteiger partial charge on any atom is 0.0747 e. The van der Waals surface area contributed by atoms with Gasteiger partial charge in [-0.3, -0.25) is 0 Å². The van der Waals surface area contributed by atoms with Crippen LogP contribution in [0.15, 0.2) is 0 Å². The van der Waals surface area contributed by atoms with Crippen LogP contribution in [-0.4, -0.2) is 13.0 Å². The average Bonchev–Trinajstić information content (AvgIpc) is 1.69.